The van der Waals surface area contributed by atoms with Crippen LogP contribution in [0.5, 0.6) is 5.75 Å². The van der Waals surface area contributed by atoms with Crippen molar-refractivity contribution in [3.8, 4) is 5.75 Å². The maximum absolute atomic E-state index is 11.8. The van der Waals surface area contributed by atoms with E-state index in [2.05, 4.69) is 13.0 Å². The van der Waals surface area contributed by atoms with Crippen LogP contribution in [0, 0.1) is 0 Å². The van der Waals surface area contributed by atoms with Crippen LogP contribution in [0.4, 0.5) is 0 Å². The Balaban J connectivity index is 1.87. The Labute approximate surface area is 143 Å². The average molecular weight is 328 g/mol. The van der Waals surface area contributed by atoms with Crippen molar-refractivity contribution in [3.63, 3.8) is 0 Å². The number of benzene rings is 2. The van der Waals surface area contributed by atoms with Gasteiger partial charge in [-0.15, -0.1) is 0 Å². The molecule has 0 aliphatic carbocycles. The maximum Gasteiger partial charge on any atom is 0.338 e. The van der Waals surface area contributed by atoms with E-state index in [-0.39, 0.29) is 18.7 Å². The van der Waals surface area contributed by atoms with E-state index in [1.54, 1.807) is 31.4 Å². The van der Waals surface area contributed by atoms with Crippen LogP contribution in [0.25, 0.3) is 0 Å². The van der Waals surface area contributed by atoms with Gasteiger partial charge in [0.15, 0.2) is 0 Å². The highest BCUT2D eigenvalue weighted by Crippen LogP contribution is 2.26. The molecule has 0 aliphatic rings. The van der Waals surface area contributed by atoms with Gasteiger partial charge >= 0.3 is 5.97 Å². The quantitative estimate of drug-likeness (QED) is 0.538. The molecule has 0 aromatic heterocycles. The molecule has 24 heavy (non-hydrogen) atoms. The van der Waals surface area contributed by atoms with Gasteiger partial charge in [0.2, 0.25) is 0 Å². The Morgan fingerprint density at radius 2 is 1.83 bits per heavy atom. The summed E-state index contributed by atoms with van der Waals surface area (Å²) in [5.41, 5.74) is 2.91. The van der Waals surface area contributed by atoms with Crippen LogP contribution >= 0.6 is 0 Å². The van der Waals surface area contributed by atoms with Crippen LogP contribution in [0.3, 0.4) is 0 Å². The summed E-state index contributed by atoms with van der Waals surface area (Å²) in [6.45, 7) is 4.65. The normalized spacial score (nSPS) is 11.8. The van der Waals surface area contributed by atoms with Gasteiger partial charge in [0, 0.05) is 7.11 Å². The molecular weight excluding hydrogens is 304 g/mol. The molecule has 0 aliphatic heterocycles. The van der Waals surface area contributed by atoms with Crippen molar-refractivity contribution in [2.75, 3.05) is 20.3 Å². The van der Waals surface area contributed by atoms with Gasteiger partial charge in [0.05, 0.1) is 11.7 Å². The van der Waals surface area contributed by atoms with E-state index in [1.165, 1.54) is 5.56 Å². The highest BCUT2D eigenvalue weighted by atomic mass is 16.6. The van der Waals surface area contributed by atoms with E-state index in [1.807, 2.05) is 25.1 Å². The lowest BCUT2D eigenvalue weighted by atomic mass is 10.0. The third kappa shape index (κ3) is 4.83. The van der Waals surface area contributed by atoms with Gasteiger partial charge in [-0.05, 0) is 48.7 Å². The third-order valence-corrected chi connectivity index (χ3v) is 3.88. The molecular formula is C20H24O4. The summed E-state index contributed by atoms with van der Waals surface area (Å²) in [6.07, 6.45) is 0.956. The molecule has 4 heteroatoms. The highest BCUT2D eigenvalue weighted by molar-refractivity contribution is 5.89. The monoisotopic (exact) mass is 328 g/mol. The molecule has 0 radical (unpaired) electrons. The van der Waals surface area contributed by atoms with E-state index >= 15 is 0 Å². The van der Waals surface area contributed by atoms with E-state index in [9.17, 15) is 4.79 Å². The molecule has 128 valence electrons. The zero-order chi connectivity index (χ0) is 17.4. The summed E-state index contributed by atoms with van der Waals surface area (Å²) in [5, 5.41) is 0. The predicted molar refractivity (Wildman–Crippen MR) is 93.5 cm³/mol. The zero-order valence-electron chi connectivity index (χ0n) is 14.5. The summed E-state index contributed by atoms with van der Waals surface area (Å²) in [4.78, 5) is 11.8. The smallest absolute Gasteiger partial charge is 0.338 e. The highest BCUT2D eigenvalue weighted by Gasteiger charge is 2.11. The molecule has 2 rings (SSSR count). The molecule has 4 nitrogen and oxygen atoms in total. The number of carbonyl (C=O) groups is 1. The van der Waals surface area contributed by atoms with Crippen LogP contribution in [0.15, 0.2) is 48.5 Å². The molecule has 0 saturated carbocycles. The third-order valence-electron chi connectivity index (χ3n) is 3.88. The van der Waals surface area contributed by atoms with E-state index in [0.29, 0.717) is 12.2 Å². The lowest BCUT2D eigenvalue weighted by molar-refractivity contribution is 0.0450. The number of methoxy groups -OCH3 is 1. The summed E-state index contributed by atoms with van der Waals surface area (Å²) in [5.74, 6) is 0.413. The first-order chi connectivity index (χ1) is 11.7. The Morgan fingerprint density at radius 3 is 2.50 bits per heavy atom. The Morgan fingerprint density at radius 1 is 1.08 bits per heavy atom. The summed E-state index contributed by atoms with van der Waals surface area (Å²) in [6, 6.07) is 14.9. The number of ether oxygens (including phenoxy) is 3. The molecule has 0 heterocycles. The molecule has 0 N–H and O–H groups in total. The standard InChI is InChI=1S/C20H24O4/c1-4-16-10-11-18(14-19(16)15(2)22-3)23-12-13-24-20(21)17-8-6-5-7-9-17/h5-11,14-15H,4,12-13H2,1-3H3. The van der Waals surface area contributed by atoms with E-state index in [0.717, 1.165) is 17.7 Å². The van der Waals surface area contributed by atoms with Crippen molar-refractivity contribution < 1.29 is 19.0 Å². The lowest BCUT2D eigenvalue weighted by Crippen LogP contribution is -2.12. The second-order valence-electron chi connectivity index (χ2n) is 5.44. The van der Waals surface area contributed by atoms with Gasteiger partial charge in [-0.2, -0.15) is 0 Å². The molecule has 0 fully saturated rings. The fraction of sp³-hybridized carbons (Fsp3) is 0.350. The molecule has 1 unspecified atom stereocenters. The number of esters is 1. The molecule has 0 saturated heterocycles. The molecule has 0 amide bonds. The van der Waals surface area contributed by atoms with E-state index < -0.39 is 0 Å². The molecule has 0 bridgehead atoms. The van der Waals surface area contributed by atoms with Crippen LogP contribution in [-0.4, -0.2) is 26.3 Å². The van der Waals surface area contributed by atoms with Gasteiger partial charge in [-0.25, -0.2) is 4.79 Å². The van der Waals surface area contributed by atoms with Gasteiger partial charge < -0.3 is 14.2 Å². The van der Waals surface area contributed by atoms with Crippen molar-refractivity contribution in [1.29, 1.82) is 0 Å². The minimum Gasteiger partial charge on any atom is -0.490 e. The summed E-state index contributed by atoms with van der Waals surface area (Å²) < 4.78 is 16.3. The van der Waals surface area contributed by atoms with Crippen LogP contribution < -0.4 is 4.74 Å². The van der Waals surface area contributed by atoms with Crippen molar-refractivity contribution in [1.82, 2.24) is 0 Å². The van der Waals surface area contributed by atoms with Crippen molar-refractivity contribution in [2.24, 2.45) is 0 Å². The molecule has 0 spiro atoms. The first kappa shape index (κ1) is 18.0. The van der Waals surface area contributed by atoms with Crippen LogP contribution in [0.2, 0.25) is 0 Å². The number of hydrogen-bond acceptors (Lipinski definition) is 4. The minimum atomic E-state index is -0.339. The average Bonchev–Trinajstić information content (AvgIpc) is 2.64. The minimum absolute atomic E-state index is 0.0133. The van der Waals surface area contributed by atoms with Crippen molar-refractivity contribution >= 4 is 5.97 Å². The van der Waals surface area contributed by atoms with Crippen LogP contribution in [-0.2, 0) is 15.9 Å². The summed E-state index contributed by atoms with van der Waals surface area (Å²) >= 11 is 0. The second kappa shape index (κ2) is 9.08. The topological polar surface area (TPSA) is 44.8 Å². The van der Waals surface area contributed by atoms with Gasteiger partial charge in [0.25, 0.3) is 0 Å². The lowest BCUT2D eigenvalue weighted by Gasteiger charge is -2.16. The van der Waals surface area contributed by atoms with E-state index in [4.69, 9.17) is 14.2 Å². The largest absolute Gasteiger partial charge is 0.490 e. The number of rotatable bonds is 8. The van der Waals surface area contributed by atoms with Gasteiger partial charge in [-0.3, -0.25) is 0 Å². The molecule has 2 aromatic carbocycles. The zero-order valence-corrected chi connectivity index (χ0v) is 14.5. The first-order valence-corrected chi connectivity index (χ1v) is 8.16. The Bertz CT molecular complexity index is 652. The number of aryl methyl sites for hydroxylation is 1. The Kier molecular flexibility index (Phi) is 6.82. The fourth-order valence-corrected chi connectivity index (χ4v) is 2.44. The summed E-state index contributed by atoms with van der Waals surface area (Å²) in [7, 11) is 1.70. The van der Waals surface area contributed by atoms with Crippen molar-refractivity contribution in [2.45, 2.75) is 26.4 Å². The number of hydrogen-bond donors (Lipinski definition) is 0. The maximum atomic E-state index is 11.8. The SMILES string of the molecule is CCc1ccc(OCCOC(=O)c2ccccc2)cc1C(C)OC. The van der Waals surface area contributed by atoms with Gasteiger partial charge in [-0.1, -0.05) is 31.2 Å². The molecule has 1 atom stereocenters. The second-order valence-corrected chi connectivity index (χ2v) is 5.44. The fourth-order valence-electron chi connectivity index (χ4n) is 2.44. The predicted octanol–water partition coefficient (Wildman–Crippen LogP) is 4.19. The Hall–Kier alpha value is -2.33. The molecule has 2 aromatic rings. The number of carbonyl (C=O) groups excluding carboxylic acids is 1. The van der Waals surface area contributed by atoms with Gasteiger partial charge in [0.1, 0.15) is 19.0 Å². The van der Waals surface area contributed by atoms with Crippen LogP contribution in [0.1, 0.15) is 41.4 Å². The first-order valence-electron chi connectivity index (χ1n) is 8.16. The van der Waals surface area contributed by atoms with Crippen molar-refractivity contribution in [3.05, 3.63) is 65.2 Å².